The van der Waals surface area contributed by atoms with E-state index in [9.17, 15) is 14.9 Å². The first-order valence-electron chi connectivity index (χ1n) is 10.8. The molecule has 1 N–H and O–H groups in total. The van der Waals surface area contributed by atoms with Crippen molar-refractivity contribution < 1.29 is 9.72 Å². The van der Waals surface area contributed by atoms with E-state index >= 15 is 0 Å². The molecular weight excluding hydrogens is 416 g/mol. The molecule has 2 aromatic rings. The minimum atomic E-state index is -0.399. The van der Waals surface area contributed by atoms with Crippen LogP contribution < -0.4 is 10.2 Å². The van der Waals surface area contributed by atoms with E-state index < -0.39 is 4.92 Å². The van der Waals surface area contributed by atoms with Gasteiger partial charge >= 0.3 is 0 Å². The molecular formula is C23H27ClN4O3. The van der Waals surface area contributed by atoms with Crippen LogP contribution in [-0.2, 0) is 0 Å². The molecule has 0 saturated carbocycles. The van der Waals surface area contributed by atoms with Crippen LogP contribution in [0.15, 0.2) is 42.5 Å². The van der Waals surface area contributed by atoms with Gasteiger partial charge in [-0.15, -0.1) is 0 Å². The number of likely N-dealkylation sites (tertiary alicyclic amines) is 1. The van der Waals surface area contributed by atoms with Gasteiger partial charge in [0, 0.05) is 36.3 Å². The summed E-state index contributed by atoms with van der Waals surface area (Å²) in [4.78, 5) is 28.5. The first-order chi connectivity index (χ1) is 15.0. The molecule has 2 fully saturated rings. The molecule has 0 spiro atoms. The number of nitrogens with zero attached hydrogens (tertiary/aromatic N) is 3. The average Bonchev–Trinajstić information content (AvgIpc) is 3.48. The van der Waals surface area contributed by atoms with E-state index in [0.29, 0.717) is 22.8 Å². The molecule has 7 nitrogen and oxygen atoms in total. The third-order valence-corrected chi connectivity index (χ3v) is 6.39. The Hall–Kier alpha value is -2.64. The topological polar surface area (TPSA) is 78.7 Å². The summed E-state index contributed by atoms with van der Waals surface area (Å²) >= 11 is 6.20. The molecule has 0 radical (unpaired) electrons. The zero-order valence-corrected chi connectivity index (χ0v) is 18.2. The number of hydrogen-bond acceptors (Lipinski definition) is 5. The molecule has 8 heteroatoms. The lowest BCUT2D eigenvalue weighted by atomic mass is 10.0. The fourth-order valence-electron chi connectivity index (χ4n) is 4.55. The van der Waals surface area contributed by atoms with Gasteiger partial charge in [-0.3, -0.25) is 19.8 Å². The van der Waals surface area contributed by atoms with Gasteiger partial charge in [0.25, 0.3) is 11.6 Å². The summed E-state index contributed by atoms with van der Waals surface area (Å²) in [6.07, 6.45) is 4.33. The molecule has 164 valence electrons. The summed E-state index contributed by atoms with van der Waals surface area (Å²) in [5.41, 5.74) is 1.94. The van der Waals surface area contributed by atoms with Gasteiger partial charge in [-0.1, -0.05) is 23.7 Å². The van der Waals surface area contributed by atoms with Crippen molar-refractivity contribution in [3.8, 4) is 0 Å². The van der Waals surface area contributed by atoms with E-state index in [4.69, 9.17) is 11.6 Å². The van der Waals surface area contributed by atoms with Crippen molar-refractivity contribution in [2.75, 3.05) is 37.6 Å². The first kappa shape index (κ1) is 21.6. The molecule has 31 heavy (non-hydrogen) atoms. The van der Waals surface area contributed by atoms with Crippen LogP contribution in [0.25, 0.3) is 0 Å². The van der Waals surface area contributed by atoms with Crippen molar-refractivity contribution in [2.24, 2.45) is 0 Å². The lowest BCUT2D eigenvalue weighted by molar-refractivity contribution is -0.384. The normalized spacial score (nSPS) is 17.6. The van der Waals surface area contributed by atoms with Crippen LogP contribution in [-0.4, -0.2) is 48.5 Å². The predicted molar refractivity (Wildman–Crippen MR) is 122 cm³/mol. The number of rotatable bonds is 7. The number of nitrogens with one attached hydrogen (secondary N) is 1. The molecule has 1 amide bonds. The van der Waals surface area contributed by atoms with Crippen molar-refractivity contribution in [2.45, 2.75) is 31.7 Å². The maximum atomic E-state index is 12.9. The highest BCUT2D eigenvalue weighted by atomic mass is 35.5. The standard InChI is InChI=1S/C23H27ClN4O3/c24-19-7-5-6-17(14-19)22(27-12-3-4-13-27)16-25-23(29)18-8-9-20(21(15-18)28(30)31)26-10-1-2-11-26/h5-9,14-15,22H,1-4,10-13,16H2,(H,25,29). The Morgan fingerprint density at radius 1 is 1.06 bits per heavy atom. The highest BCUT2D eigenvalue weighted by molar-refractivity contribution is 6.30. The van der Waals surface area contributed by atoms with Gasteiger partial charge in [-0.05, 0) is 68.6 Å². The van der Waals surface area contributed by atoms with Crippen LogP contribution in [0.5, 0.6) is 0 Å². The number of carbonyl (C=O) groups excluding carboxylic acids is 1. The van der Waals surface area contributed by atoms with Crippen molar-refractivity contribution in [1.29, 1.82) is 0 Å². The molecule has 2 aliphatic rings. The second-order valence-electron chi connectivity index (χ2n) is 8.18. The van der Waals surface area contributed by atoms with E-state index in [-0.39, 0.29) is 17.6 Å². The van der Waals surface area contributed by atoms with Crippen molar-refractivity contribution >= 4 is 28.9 Å². The third-order valence-electron chi connectivity index (χ3n) is 6.15. The predicted octanol–water partition coefficient (Wildman–Crippen LogP) is 4.42. The lowest BCUT2D eigenvalue weighted by Gasteiger charge is -2.28. The second-order valence-corrected chi connectivity index (χ2v) is 8.62. The minimum Gasteiger partial charge on any atom is -0.366 e. The fraction of sp³-hybridized carbons (Fsp3) is 0.435. The smallest absolute Gasteiger partial charge is 0.293 e. The van der Waals surface area contributed by atoms with Gasteiger partial charge in [0.1, 0.15) is 5.69 Å². The van der Waals surface area contributed by atoms with Crippen LogP contribution in [0.4, 0.5) is 11.4 Å². The van der Waals surface area contributed by atoms with Crippen LogP contribution in [0.1, 0.15) is 47.6 Å². The van der Waals surface area contributed by atoms with E-state index in [1.165, 1.54) is 6.07 Å². The number of anilines is 1. The highest BCUT2D eigenvalue weighted by Gasteiger charge is 2.26. The van der Waals surface area contributed by atoms with Gasteiger partial charge in [-0.2, -0.15) is 0 Å². The van der Waals surface area contributed by atoms with Crippen molar-refractivity contribution in [1.82, 2.24) is 10.2 Å². The molecule has 2 saturated heterocycles. The molecule has 2 heterocycles. The largest absolute Gasteiger partial charge is 0.366 e. The Labute approximate surface area is 187 Å². The quantitative estimate of drug-likeness (QED) is 0.507. The molecule has 4 rings (SSSR count). The zero-order chi connectivity index (χ0) is 21.8. The molecule has 0 aliphatic carbocycles. The molecule has 1 unspecified atom stereocenters. The molecule has 0 bridgehead atoms. The average molecular weight is 443 g/mol. The van der Waals surface area contributed by atoms with E-state index in [2.05, 4.69) is 10.2 Å². The number of nitro benzene ring substituents is 1. The van der Waals surface area contributed by atoms with E-state index in [1.54, 1.807) is 12.1 Å². The number of halogens is 1. The number of hydrogen-bond donors (Lipinski definition) is 1. The first-order valence-corrected chi connectivity index (χ1v) is 11.2. The van der Waals surface area contributed by atoms with Gasteiger partial charge in [-0.25, -0.2) is 0 Å². The minimum absolute atomic E-state index is 0.0134. The van der Waals surface area contributed by atoms with Gasteiger partial charge in [0.2, 0.25) is 0 Å². The SMILES string of the molecule is O=C(NCC(c1cccc(Cl)c1)N1CCCC1)c1ccc(N2CCCC2)c([N+](=O)[O-])c1. The third kappa shape index (κ3) is 4.99. The summed E-state index contributed by atoms with van der Waals surface area (Å²) in [5, 5.41) is 15.3. The van der Waals surface area contributed by atoms with Gasteiger partial charge in [0.05, 0.1) is 11.0 Å². The van der Waals surface area contributed by atoms with Crippen LogP contribution in [0, 0.1) is 10.1 Å². The zero-order valence-electron chi connectivity index (χ0n) is 17.4. The van der Waals surface area contributed by atoms with Crippen LogP contribution in [0.2, 0.25) is 5.02 Å². The summed E-state index contributed by atoms with van der Waals surface area (Å²) in [7, 11) is 0. The van der Waals surface area contributed by atoms with Crippen molar-refractivity contribution in [3.05, 3.63) is 68.7 Å². The Morgan fingerprint density at radius 3 is 2.45 bits per heavy atom. The molecule has 1 atom stereocenters. The Kier molecular flexibility index (Phi) is 6.73. The Morgan fingerprint density at radius 2 is 1.77 bits per heavy atom. The monoisotopic (exact) mass is 442 g/mol. The van der Waals surface area contributed by atoms with Gasteiger partial charge < -0.3 is 10.2 Å². The molecule has 2 aromatic carbocycles. The van der Waals surface area contributed by atoms with E-state index in [1.807, 2.05) is 29.2 Å². The fourth-order valence-corrected chi connectivity index (χ4v) is 4.75. The number of carbonyl (C=O) groups is 1. The van der Waals surface area contributed by atoms with E-state index in [0.717, 1.165) is 57.4 Å². The number of benzene rings is 2. The Balaban J connectivity index is 1.51. The maximum absolute atomic E-state index is 12.9. The highest BCUT2D eigenvalue weighted by Crippen LogP contribution is 2.32. The summed E-state index contributed by atoms with van der Waals surface area (Å²) < 4.78 is 0. The summed E-state index contributed by atoms with van der Waals surface area (Å²) in [5.74, 6) is -0.303. The van der Waals surface area contributed by atoms with Crippen LogP contribution in [0.3, 0.4) is 0 Å². The number of nitro groups is 1. The molecule has 2 aliphatic heterocycles. The lowest BCUT2D eigenvalue weighted by Crippen LogP contribution is -2.36. The number of amides is 1. The van der Waals surface area contributed by atoms with Crippen LogP contribution >= 0.6 is 11.6 Å². The van der Waals surface area contributed by atoms with Crippen molar-refractivity contribution in [3.63, 3.8) is 0 Å². The maximum Gasteiger partial charge on any atom is 0.293 e. The van der Waals surface area contributed by atoms with Gasteiger partial charge in [0.15, 0.2) is 0 Å². The summed E-state index contributed by atoms with van der Waals surface area (Å²) in [6, 6.07) is 12.5. The summed E-state index contributed by atoms with van der Waals surface area (Å²) in [6.45, 7) is 3.99. The molecule has 0 aromatic heterocycles. The second kappa shape index (κ2) is 9.66. The Bertz CT molecular complexity index is 956.